The lowest BCUT2D eigenvalue weighted by Gasteiger charge is -2.29. The minimum Gasteiger partial charge on any atom is -0.493 e. The van der Waals surface area contributed by atoms with Gasteiger partial charge in [-0.3, -0.25) is 0 Å². The predicted molar refractivity (Wildman–Crippen MR) is 202 cm³/mol. The molecule has 0 radical (unpaired) electrons. The molecule has 0 spiro atoms. The average molecular weight is 687 g/mol. The van der Waals surface area contributed by atoms with Crippen LogP contribution in [-0.2, 0) is 12.8 Å². The molecule has 5 rings (SSSR count). The van der Waals surface area contributed by atoms with Gasteiger partial charge in [0.05, 0.1) is 12.7 Å². The van der Waals surface area contributed by atoms with Crippen molar-refractivity contribution in [2.45, 2.75) is 75.9 Å². The van der Waals surface area contributed by atoms with Crippen molar-refractivity contribution in [2.75, 3.05) is 31.0 Å². The van der Waals surface area contributed by atoms with E-state index in [1.54, 1.807) is 11.8 Å². The van der Waals surface area contributed by atoms with Gasteiger partial charge in [-0.15, -0.1) is 0 Å². The molecule has 2 unspecified atom stereocenters. The molecule has 1 fully saturated rings. The zero-order valence-corrected chi connectivity index (χ0v) is 30.6. The topological polar surface area (TPSA) is 57.2 Å². The fourth-order valence-electron chi connectivity index (χ4n) is 5.75. The van der Waals surface area contributed by atoms with Crippen LogP contribution in [0.4, 0.5) is 0 Å². The molecule has 256 valence electrons. The molecule has 0 amide bonds. The summed E-state index contributed by atoms with van der Waals surface area (Å²) >= 11 is 3.79. The molecular formula is C41H50O5S2. The van der Waals surface area contributed by atoms with Gasteiger partial charge in [0.2, 0.25) is 0 Å². The largest absolute Gasteiger partial charge is 0.493 e. The van der Waals surface area contributed by atoms with Crippen molar-refractivity contribution in [1.82, 2.24) is 0 Å². The van der Waals surface area contributed by atoms with Crippen molar-refractivity contribution in [3.05, 3.63) is 119 Å². The number of hydrogen-bond acceptors (Lipinski definition) is 7. The molecule has 7 heteroatoms. The van der Waals surface area contributed by atoms with Crippen molar-refractivity contribution in [2.24, 2.45) is 0 Å². The van der Waals surface area contributed by atoms with Crippen molar-refractivity contribution in [3.8, 4) is 23.0 Å². The standard InChI is InChI=1S/C41H50O5S2/c1-40(2,45-37-18-10-32(11-19-37)24-30-6-14-35(15-7-30)43-22-23-47-5)26-34(42)28-44-36-16-8-31(9-17-36)25-33-12-20-38(21-13-33)46-41(3,4)27-39-29-48-39/h6-21,34,39,42H,22-29H2,1-5H3. The molecule has 1 aliphatic heterocycles. The molecule has 4 aromatic rings. The molecule has 1 heterocycles. The van der Waals surface area contributed by atoms with Crippen molar-refractivity contribution < 1.29 is 24.1 Å². The molecule has 1 saturated heterocycles. The number of thioether (sulfide) groups is 2. The molecule has 5 nitrogen and oxygen atoms in total. The molecule has 48 heavy (non-hydrogen) atoms. The summed E-state index contributed by atoms with van der Waals surface area (Å²) < 4.78 is 24.2. The van der Waals surface area contributed by atoms with Crippen LogP contribution in [-0.4, -0.2) is 58.6 Å². The molecular weight excluding hydrogens is 637 g/mol. The van der Waals surface area contributed by atoms with Gasteiger partial charge in [0.15, 0.2) is 0 Å². The SMILES string of the molecule is CSCCOc1ccc(Cc2ccc(OC(C)(C)CC(O)COc3ccc(Cc4ccc(OC(C)(C)CC5CS5)cc4)cc3)cc2)cc1. The van der Waals surface area contributed by atoms with E-state index >= 15 is 0 Å². The van der Waals surface area contributed by atoms with E-state index in [0.29, 0.717) is 6.42 Å². The highest BCUT2D eigenvalue weighted by molar-refractivity contribution is 8.06. The third kappa shape index (κ3) is 12.3. The Balaban J connectivity index is 1.02. The van der Waals surface area contributed by atoms with Crippen molar-refractivity contribution in [3.63, 3.8) is 0 Å². The highest BCUT2D eigenvalue weighted by Crippen LogP contribution is 2.38. The lowest BCUT2D eigenvalue weighted by molar-refractivity contribution is 0.0175. The summed E-state index contributed by atoms with van der Waals surface area (Å²) in [5, 5.41) is 11.5. The summed E-state index contributed by atoms with van der Waals surface area (Å²) in [6.07, 6.45) is 4.61. The monoisotopic (exact) mass is 686 g/mol. The first kappa shape index (κ1) is 36.0. The average Bonchev–Trinajstić information content (AvgIpc) is 3.86. The molecule has 2 atom stereocenters. The van der Waals surface area contributed by atoms with E-state index in [4.69, 9.17) is 18.9 Å². The molecule has 1 aliphatic rings. The van der Waals surface area contributed by atoms with Gasteiger partial charge in [-0.25, -0.2) is 0 Å². The van der Waals surface area contributed by atoms with E-state index in [2.05, 4.69) is 80.8 Å². The summed E-state index contributed by atoms with van der Waals surface area (Å²) in [4.78, 5) is 0. The highest BCUT2D eigenvalue weighted by atomic mass is 32.2. The fraction of sp³-hybridized carbons (Fsp3) is 0.415. The quantitative estimate of drug-likeness (QED) is 0.0780. The highest BCUT2D eigenvalue weighted by Gasteiger charge is 2.32. The minimum atomic E-state index is -0.666. The number of benzene rings is 4. The Morgan fingerprint density at radius 2 is 1.08 bits per heavy atom. The zero-order valence-electron chi connectivity index (χ0n) is 28.9. The summed E-state index contributed by atoms with van der Waals surface area (Å²) in [6.45, 7) is 9.25. The number of aliphatic hydroxyl groups is 1. The van der Waals surface area contributed by atoms with Crippen LogP contribution in [0.3, 0.4) is 0 Å². The first-order chi connectivity index (χ1) is 23.0. The number of hydrogen-bond donors (Lipinski definition) is 1. The molecule has 4 aromatic carbocycles. The normalized spacial score (nSPS) is 15.1. The molecule has 0 aliphatic carbocycles. The maximum Gasteiger partial charge on any atom is 0.120 e. The molecule has 0 saturated carbocycles. The lowest BCUT2D eigenvalue weighted by Crippen LogP contribution is -2.35. The van der Waals surface area contributed by atoms with Gasteiger partial charge in [0.25, 0.3) is 0 Å². The van der Waals surface area contributed by atoms with Crippen LogP contribution in [0.5, 0.6) is 23.0 Å². The maximum atomic E-state index is 10.8. The smallest absolute Gasteiger partial charge is 0.120 e. The van der Waals surface area contributed by atoms with Gasteiger partial charge in [-0.05, 0) is 124 Å². The molecule has 1 N–H and O–H groups in total. The fourth-order valence-corrected chi connectivity index (χ4v) is 6.77. The Morgan fingerprint density at radius 3 is 1.52 bits per heavy atom. The van der Waals surface area contributed by atoms with E-state index in [1.807, 2.05) is 62.0 Å². The minimum absolute atomic E-state index is 0.146. The van der Waals surface area contributed by atoms with Crippen LogP contribution in [0, 0.1) is 0 Å². The van der Waals surface area contributed by atoms with Gasteiger partial charge in [0, 0.05) is 23.2 Å². The van der Waals surface area contributed by atoms with Gasteiger partial charge in [-0.1, -0.05) is 48.5 Å². The number of aliphatic hydroxyl groups excluding tert-OH is 1. The third-order valence-corrected chi connectivity index (χ3v) is 9.69. The van der Waals surface area contributed by atoms with E-state index in [1.165, 1.54) is 28.0 Å². The summed E-state index contributed by atoms with van der Waals surface area (Å²) in [6, 6.07) is 33.0. The third-order valence-electron chi connectivity index (χ3n) is 8.15. The Morgan fingerprint density at radius 1 is 0.667 bits per heavy atom. The number of ether oxygens (including phenoxy) is 4. The van der Waals surface area contributed by atoms with E-state index in [9.17, 15) is 5.11 Å². The van der Waals surface area contributed by atoms with E-state index in [0.717, 1.165) is 59.9 Å². The second-order valence-electron chi connectivity index (χ2n) is 13.8. The summed E-state index contributed by atoms with van der Waals surface area (Å²) in [5.41, 5.74) is 4.17. The Bertz CT molecular complexity index is 1530. The lowest BCUT2D eigenvalue weighted by atomic mass is 10.0. The number of rotatable bonds is 19. The van der Waals surface area contributed by atoms with Gasteiger partial charge < -0.3 is 24.1 Å². The van der Waals surface area contributed by atoms with Crippen LogP contribution in [0.2, 0.25) is 0 Å². The van der Waals surface area contributed by atoms with Crippen LogP contribution in [0.15, 0.2) is 97.1 Å². The Labute approximate surface area is 295 Å². The first-order valence-corrected chi connectivity index (χ1v) is 19.3. The predicted octanol–water partition coefficient (Wildman–Crippen LogP) is 9.26. The first-order valence-electron chi connectivity index (χ1n) is 16.8. The Kier molecular flexibility index (Phi) is 12.7. The second-order valence-corrected chi connectivity index (χ2v) is 16.1. The van der Waals surface area contributed by atoms with Crippen LogP contribution in [0.1, 0.15) is 62.8 Å². The van der Waals surface area contributed by atoms with Crippen LogP contribution >= 0.6 is 23.5 Å². The van der Waals surface area contributed by atoms with Gasteiger partial charge >= 0.3 is 0 Å². The summed E-state index contributed by atoms with van der Waals surface area (Å²) in [5.74, 6) is 5.59. The maximum absolute atomic E-state index is 10.8. The zero-order chi connectivity index (χ0) is 34.0. The van der Waals surface area contributed by atoms with Gasteiger partial charge in [-0.2, -0.15) is 23.5 Å². The van der Waals surface area contributed by atoms with E-state index in [-0.39, 0.29) is 12.2 Å². The second kappa shape index (κ2) is 16.9. The molecule has 0 bridgehead atoms. The van der Waals surface area contributed by atoms with Crippen molar-refractivity contribution in [1.29, 1.82) is 0 Å². The Hall–Kier alpha value is -3.26. The summed E-state index contributed by atoms with van der Waals surface area (Å²) in [7, 11) is 0. The molecule has 0 aromatic heterocycles. The van der Waals surface area contributed by atoms with Gasteiger partial charge in [0.1, 0.15) is 40.8 Å². The van der Waals surface area contributed by atoms with E-state index < -0.39 is 11.7 Å². The van der Waals surface area contributed by atoms with Crippen LogP contribution in [0.25, 0.3) is 0 Å². The van der Waals surface area contributed by atoms with Crippen molar-refractivity contribution >= 4 is 23.5 Å². The van der Waals surface area contributed by atoms with Crippen LogP contribution < -0.4 is 18.9 Å².